The normalized spacial score (nSPS) is 14.9. The first-order valence-corrected chi connectivity index (χ1v) is 10.4. The van der Waals surface area contributed by atoms with E-state index in [0.717, 1.165) is 59.6 Å². The van der Waals surface area contributed by atoms with E-state index in [1.165, 1.54) is 5.56 Å². The first-order valence-electron chi connectivity index (χ1n) is 10.4. The summed E-state index contributed by atoms with van der Waals surface area (Å²) >= 11 is 0. The summed E-state index contributed by atoms with van der Waals surface area (Å²) in [5, 5.41) is 8.89. The highest BCUT2D eigenvalue weighted by Crippen LogP contribution is 2.30. The molecule has 0 N–H and O–H groups in total. The molecule has 1 saturated heterocycles. The Hall–Kier alpha value is -3.25. The van der Waals surface area contributed by atoms with Crippen LogP contribution in [0, 0.1) is 6.92 Å². The van der Waals surface area contributed by atoms with E-state index in [9.17, 15) is 0 Å². The lowest BCUT2D eigenvalue weighted by atomic mass is 10.0. The minimum absolute atomic E-state index is 0.426. The van der Waals surface area contributed by atoms with Gasteiger partial charge in [-0.2, -0.15) is 10.2 Å². The number of hydrogen-bond donors (Lipinski definition) is 0. The van der Waals surface area contributed by atoms with Gasteiger partial charge < -0.3 is 4.74 Å². The summed E-state index contributed by atoms with van der Waals surface area (Å²) in [7, 11) is 1.93. The third-order valence-corrected chi connectivity index (χ3v) is 5.78. The quantitative estimate of drug-likeness (QED) is 0.500. The van der Waals surface area contributed by atoms with Crippen molar-refractivity contribution in [2.24, 2.45) is 7.05 Å². The number of pyridine rings is 1. The van der Waals surface area contributed by atoms with Crippen molar-refractivity contribution < 1.29 is 4.74 Å². The molecule has 1 fully saturated rings. The average molecular weight is 399 g/mol. The minimum Gasteiger partial charge on any atom is -0.381 e. The molecule has 30 heavy (non-hydrogen) atoms. The van der Waals surface area contributed by atoms with Gasteiger partial charge in [-0.15, -0.1) is 0 Å². The van der Waals surface area contributed by atoms with Crippen molar-refractivity contribution in [1.82, 2.24) is 24.5 Å². The van der Waals surface area contributed by atoms with Crippen LogP contribution >= 0.6 is 0 Å². The second-order valence-electron chi connectivity index (χ2n) is 7.92. The largest absolute Gasteiger partial charge is 0.381 e. The number of aromatic nitrogens is 5. The predicted molar refractivity (Wildman–Crippen MR) is 117 cm³/mol. The van der Waals surface area contributed by atoms with Gasteiger partial charge in [-0.25, -0.2) is 0 Å². The highest BCUT2D eigenvalue weighted by molar-refractivity contribution is 5.73. The maximum Gasteiger partial charge on any atom is 0.0705 e. The summed E-state index contributed by atoms with van der Waals surface area (Å²) < 4.78 is 9.37. The Kier molecular flexibility index (Phi) is 4.93. The molecule has 0 amide bonds. The zero-order valence-electron chi connectivity index (χ0n) is 17.3. The summed E-state index contributed by atoms with van der Waals surface area (Å²) in [5.74, 6) is 0. The van der Waals surface area contributed by atoms with Crippen LogP contribution in [0.15, 0.2) is 61.3 Å². The molecule has 0 bridgehead atoms. The molecule has 1 aliphatic heterocycles. The van der Waals surface area contributed by atoms with Crippen LogP contribution in [0.5, 0.6) is 0 Å². The van der Waals surface area contributed by atoms with E-state index in [-0.39, 0.29) is 0 Å². The molecule has 0 saturated carbocycles. The van der Waals surface area contributed by atoms with Gasteiger partial charge in [0.2, 0.25) is 0 Å². The molecule has 0 spiro atoms. The van der Waals surface area contributed by atoms with Gasteiger partial charge in [-0.3, -0.25) is 14.3 Å². The number of hydrogen-bond acceptors (Lipinski definition) is 4. The first kappa shape index (κ1) is 18.8. The van der Waals surface area contributed by atoms with Crippen LogP contribution in [0.3, 0.4) is 0 Å². The summed E-state index contributed by atoms with van der Waals surface area (Å²) in [6.07, 6.45) is 12.0. The first-order chi connectivity index (χ1) is 14.7. The second-order valence-corrected chi connectivity index (χ2v) is 7.92. The Labute approximate surface area is 176 Å². The second kappa shape index (κ2) is 7.88. The van der Waals surface area contributed by atoms with Crippen molar-refractivity contribution in [2.45, 2.75) is 25.8 Å². The van der Waals surface area contributed by atoms with E-state index in [1.807, 2.05) is 36.5 Å². The Morgan fingerprint density at radius 2 is 1.70 bits per heavy atom. The molecule has 0 aliphatic carbocycles. The zero-order valence-corrected chi connectivity index (χ0v) is 17.3. The lowest BCUT2D eigenvalue weighted by molar-refractivity contribution is 0.0662. The molecule has 6 heteroatoms. The SMILES string of the molecule is Cc1cc(-c2cccc(-c3cnn(C)c3)c2)ncc1-c1cnn(C2CCOCC2)c1. The van der Waals surface area contributed by atoms with E-state index >= 15 is 0 Å². The molecule has 1 aromatic carbocycles. The zero-order chi connectivity index (χ0) is 20.5. The molecule has 0 unspecified atom stereocenters. The topological polar surface area (TPSA) is 57.8 Å². The standard InChI is InChI=1S/C24H25N5O/c1-17-10-24(19-5-3-4-18(11-19)20-12-26-28(2)15-20)25-14-23(17)21-13-27-29(16-21)22-6-8-30-9-7-22/h3-5,10-16,22H,6-9H2,1-2H3. The average Bonchev–Trinajstić information content (AvgIpc) is 3.44. The maximum atomic E-state index is 5.47. The van der Waals surface area contributed by atoms with Crippen LogP contribution in [0.4, 0.5) is 0 Å². The molecule has 6 nitrogen and oxygen atoms in total. The van der Waals surface area contributed by atoms with Crippen LogP contribution in [0.1, 0.15) is 24.4 Å². The molecule has 0 atom stereocenters. The Bertz CT molecular complexity index is 1170. The fraction of sp³-hybridized carbons (Fsp3) is 0.292. The molecule has 3 aromatic heterocycles. The van der Waals surface area contributed by atoms with Gasteiger partial charge in [0.1, 0.15) is 0 Å². The van der Waals surface area contributed by atoms with Crippen LogP contribution in [0.25, 0.3) is 33.5 Å². The molecule has 152 valence electrons. The lowest BCUT2D eigenvalue weighted by Crippen LogP contribution is -2.19. The molecule has 5 rings (SSSR count). The van der Waals surface area contributed by atoms with Crippen molar-refractivity contribution in [2.75, 3.05) is 13.2 Å². The van der Waals surface area contributed by atoms with Gasteiger partial charge in [0, 0.05) is 61.1 Å². The third kappa shape index (κ3) is 3.66. The van der Waals surface area contributed by atoms with Crippen LogP contribution < -0.4 is 0 Å². The number of aryl methyl sites for hydroxylation is 2. The fourth-order valence-electron chi connectivity index (χ4n) is 4.07. The predicted octanol–water partition coefficient (Wildman–Crippen LogP) is 4.67. The molecule has 4 heterocycles. The van der Waals surface area contributed by atoms with E-state index in [4.69, 9.17) is 9.72 Å². The Morgan fingerprint density at radius 3 is 2.47 bits per heavy atom. The lowest BCUT2D eigenvalue weighted by Gasteiger charge is -2.22. The van der Waals surface area contributed by atoms with Crippen LogP contribution in [0.2, 0.25) is 0 Å². The van der Waals surface area contributed by atoms with E-state index < -0.39 is 0 Å². The number of nitrogens with zero attached hydrogens (tertiary/aromatic N) is 5. The maximum absolute atomic E-state index is 5.47. The smallest absolute Gasteiger partial charge is 0.0705 e. The van der Waals surface area contributed by atoms with Gasteiger partial charge in [-0.05, 0) is 43.0 Å². The molecule has 0 radical (unpaired) electrons. The molecular weight excluding hydrogens is 374 g/mol. The molecular formula is C24H25N5O. The number of benzene rings is 1. The van der Waals surface area contributed by atoms with Crippen LogP contribution in [-0.2, 0) is 11.8 Å². The van der Waals surface area contributed by atoms with Crippen molar-refractivity contribution in [1.29, 1.82) is 0 Å². The Morgan fingerprint density at radius 1 is 0.900 bits per heavy atom. The van der Waals surface area contributed by atoms with Crippen molar-refractivity contribution in [3.05, 3.63) is 66.9 Å². The number of rotatable bonds is 4. The van der Waals surface area contributed by atoms with Gasteiger partial charge in [-0.1, -0.05) is 18.2 Å². The molecule has 4 aromatic rings. The Balaban J connectivity index is 1.42. The van der Waals surface area contributed by atoms with Gasteiger partial charge >= 0.3 is 0 Å². The van der Waals surface area contributed by atoms with Crippen molar-refractivity contribution in [3.63, 3.8) is 0 Å². The summed E-state index contributed by atoms with van der Waals surface area (Å²) in [5.41, 5.74) is 7.75. The van der Waals surface area contributed by atoms with E-state index in [2.05, 4.69) is 58.3 Å². The minimum atomic E-state index is 0.426. The molecule has 1 aliphatic rings. The van der Waals surface area contributed by atoms with Crippen LogP contribution in [-0.4, -0.2) is 37.8 Å². The monoisotopic (exact) mass is 399 g/mol. The summed E-state index contributed by atoms with van der Waals surface area (Å²) in [4.78, 5) is 4.77. The van der Waals surface area contributed by atoms with Gasteiger partial charge in [0.15, 0.2) is 0 Å². The van der Waals surface area contributed by atoms with Crippen molar-refractivity contribution in [3.8, 4) is 33.5 Å². The van der Waals surface area contributed by atoms with E-state index in [0.29, 0.717) is 6.04 Å². The highest BCUT2D eigenvalue weighted by atomic mass is 16.5. The highest BCUT2D eigenvalue weighted by Gasteiger charge is 2.17. The summed E-state index contributed by atoms with van der Waals surface area (Å²) in [6, 6.07) is 11.0. The third-order valence-electron chi connectivity index (χ3n) is 5.78. The van der Waals surface area contributed by atoms with Crippen molar-refractivity contribution >= 4 is 0 Å². The summed E-state index contributed by atoms with van der Waals surface area (Å²) in [6.45, 7) is 3.76. The fourth-order valence-corrected chi connectivity index (χ4v) is 4.07. The van der Waals surface area contributed by atoms with Gasteiger partial charge in [0.05, 0.1) is 24.1 Å². The van der Waals surface area contributed by atoms with Gasteiger partial charge in [0.25, 0.3) is 0 Å². The number of ether oxygens (including phenoxy) is 1. The van der Waals surface area contributed by atoms with E-state index in [1.54, 1.807) is 0 Å².